The first-order chi connectivity index (χ1) is 15.1. The molecule has 1 atom stereocenters. The Labute approximate surface area is 187 Å². The van der Waals surface area contributed by atoms with Gasteiger partial charge in [0, 0.05) is 44.1 Å². The van der Waals surface area contributed by atoms with Gasteiger partial charge >= 0.3 is 0 Å². The van der Waals surface area contributed by atoms with Crippen LogP contribution in [-0.2, 0) is 13.2 Å². The summed E-state index contributed by atoms with van der Waals surface area (Å²) in [5.74, 6) is 0.684. The van der Waals surface area contributed by atoms with Crippen LogP contribution in [0.4, 0.5) is 10.1 Å². The third kappa shape index (κ3) is 5.81. The van der Waals surface area contributed by atoms with Crippen LogP contribution in [0.2, 0.25) is 0 Å². The van der Waals surface area contributed by atoms with Gasteiger partial charge in [0.05, 0.1) is 16.9 Å². The van der Waals surface area contributed by atoms with Crippen LogP contribution in [0.25, 0.3) is 0 Å². The lowest BCUT2D eigenvalue weighted by Crippen LogP contribution is -2.44. The summed E-state index contributed by atoms with van der Waals surface area (Å²) < 4.78 is 20.5. The van der Waals surface area contributed by atoms with Crippen LogP contribution in [-0.4, -0.2) is 43.1 Å². The van der Waals surface area contributed by atoms with Gasteiger partial charge in [-0.05, 0) is 49.4 Å². The Hall–Kier alpha value is -2.48. The average Bonchev–Trinajstić information content (AvgIpc) is 3.31. The lowest BCUT2D eigenvalue weighted by molar-refractivity contribution is 0.302. The minimum absolute atomic E-state index is 0.0524. The van der Waals surface area contributed by atoms with E-state index in [9.17, 15) is 4.39 Å². The standard InChI is InChI=1S/C24H29FN4OS/c1-18(20-5-8-24(23(25)13-20)29-11-9-28(2)10-12-29)26-14-19-3-6-22(7-4-19)30-15-21-16-31-17-27-21/h3-8,13,16-18,26H,9-12,14-15H2,1-2H3. The summed E-state index contributed by atoms with van der Waals surface area (Å²) >= 11 is 1.57. The van der Waals surface area contributed by atoms with Gasteiger partial charge in [-0.2, -0.15) is 0 Å². The van der Waals surface area contributed by atoms with Gasteiger partial charge in [-0.1, -0.05) is 18.2 Å². The SMILES string of the molecule is CC(NCc1ccc(OCc2cscn2)cc1)c1ccc(N2CCN(C)CC2)c(F)c1. The Kier molecular flexibility index (Phi) is 7.17. The molecule has 1 unspecified atom stereocenters. The predicted molar refractivity (Wildman–Crippen MR) is 124 cm³/mol. The number of benzene rings is 2. The van der Waals surface area contributed by atoms with Gasteiger partial charge in [-0.3, -0.25) is 0 Å². The Bertz CT molecular complexity index is 956. The van der Waals surface area contributed by atoms with Crippen molar-refractivity contribution in [2.24, 2.45) is 0 Å². The van der Waals surface area contributed by atoms with Crippen molar-refractivity contribution in [3.63, 3.8) is 0 Å². The molecule has 4 rings (SSSR count). The number of nitrogens with zero attached hydrogens (tertiary/aromatic N) is 3. The van der Waals surface area contributed by atoms with E-state index in [-0.39, 0.29) is 11.9 Å². The largest absolute Gasteiger partial charge is 0.487 e. The summed E-state index contributed by atoms with van der Waals surface area (Å²) in [6.45, 7) is 6.91. The molecule has 1 aliphatic rings. The maximum Gasteiger partial charge on any atom is 0.146 e. The molecule has 0 radical (unpaired) electrons. The number of piperazine rings is 1. The van der Waals surface area contributed by atoms with Crippen LogP contribution in [0.15, 0.2) is 53.4 Å². The van der Waals surface area contributed by atoms with Crippen molar-refractivity contribution in [2.45, 2.75) is 26.1 Å². The second-order valence-corrected chi connectivity index (χ2v) is 8.73. The summed E-state index contributed by atoms with van der Waals surface area (Å²) in [7, 11) is 2.10. The van der Waals surface area contributed by atoms with Crippen molar-refractivity contribution in [1.82, 2.24) is 15.2 Å². The first-order valence-corrected chi connectivity index (χ1v) is 11.6. The summed E-state index contributed by atoms with van der Waals surface area (Å²) in [5, 5.41) is 5.47. The van der Waals surface area contributed by atoms with Gasteiger partial charge in [0.2, 0.25) is 0 Å². The number of thiazole rings is 1. The van der Waals surface area contributed by atoms with Crippen LogP contribution < -0.4 is 15.0 Å². The second kappa shape index (κ2) is 10.2. The van der Waals surface area contributed by atoms with E-state index in [1.54, 1.807) is 22.9 Å². The minimum Gasteiger partial charge on any atom is -0.487 e. The molecule has 1 aromatic heterocycles. The molecule has 3 aromatic rings. The van der Waals surface area contributed by atoms with Crippen molar-refractivity contribution >= 4 is 17.0 Å². The van der Waals surface area contributed by atoms with Crippen LogP contribution in [0, 0.1) is 5.82 Å². The summed E-state index contributed by atoms with van der Waals surface area (Å²) in [5.41, 5.74) is 5.56. The number of ether oxygens (including phenoxy) is 1. The molecule has 2 heterocycles. The molecule has 0 saturated carbocycles. The maximum atomic E-state index is 14.8. The van der Waals surface area contributed by atoms with Crippen LogP contribution in [0.3, 0.4) is 0 Å². The van der Waals surface area contributed by atoms with E-state index in [4.69, 9.17) is 4.74 Å². The lowest BCUT2D eigenvalue weighted by Gasteiger charge is -2.34. The van der Waals surface area contributed by atoms with Gasteiger partial charge in [0.25, 0.3) is 0 Å². The van der Waals surface area contributed by atoms with E-state index < -0.39 is 0 Å². The van der Waals surface area contributed by atoms with Crippen LogP contribution in [0.5, 0.6) is 5.75 Å². The number of hydrogen-bond donors (Lipinski definition) is 1. The van der Waals surface area contributed by atoms with E-state index in [0.717, 1.165) is 48.7 Å². The summed E-state index contributed by atoms with van der Waals surface area (Å²) in [6, 6.07) is 13.7. The zero-order chi connectivity index (χ0) is 21.6. The zero-order valence-corrected chi connectivity index (χ0v) is 18.9. The van der Waals surface area contributed by atoms with Gasteiger partial charge in [-0.25, -0.2) is 9.37 Å². The van der Waals surface area contributed by atoms with Gasteiger partial charge in [0.15, 0.2) is 0 Å². The third-order valence-corrected chi connectivity index (χ3v) is 6.36. The van der Waals surface area contributed by atoms with Gasteiger partial charge < -0.3 is 19.9 Å². The fourth-order valence-electron chi connectivity index (χ4n) is 3.65. The van der Waals surface area contributed by atoms with E-state index in [2.05, 4.69) is 34.1 Å². The van der Waals surface area contributed by atoms with Gasteiger partial charge in [-0.15, -0.1) is 11.3 Å². The molecule has 5 nitrogen and oxygen atoms in total. The molecule has 0 amide bonds. The Morgan fingerprint density at radius 2 is 1.90 bits per heavy atom. The van der Waals surface area contributed by atoms with E-state index in [0.29, 0.717) is 18.8 Å². The molecular weight excluding hydrogens is 411 g/mol. The summed E-state index contributed by atoms with van der Waals surface area (Å²) in [4.78, 5) is 8.63. The normalized spacial score (nSPS) is 15.8. The Balaban J connectivity index is 1.29. The number of nitrogens with one attached hydrogen (secondary N) is 1. The average molecular weight is 441 g/mol. The van der Waals surface area contributed by atoms with Crippen LogP contribution >= 0.6 is 11.3 Å². The van der Waals surface area contributed by atoms with E-state index in [1.807, 2.05) is 41.8 Å². The molecule has 31 heavy (non-hydrogen) atoms. The highest BCUT2D eigenvalue weighted by Gasteiger charge is 2.18. The van der Waals surface area contributed by atoms with Crippen molar-refractivity contribution in [2.75, 3.05) is 38.1 Å². The fourth-order valence-corrected chi connectivity index (χ4v) is 4.20. The smallest absolute Gasteiger partial charge is 0.146 e. The zero-order valence-electron chi connectivity index (χ0n) is 18.1. The Morgan fingerprint density at radius 1 is 1.13 bits per heavy atom. The monoisotopic (exact) mass is 440 g/mol. The van der Waals surface area contributed by atoms with Crippen molar-refractivity contribution in [3.05, 3.63) is 76.0 Å². The highest BCUT2D eigenvalue weighted by Crippen LogP contribution is 2.25. The molecule has 2 aromatic carbocycles. The molecule has 1 N–H and O–H groups in total. The third-order valence-electron chi connectivity index (χ3n) is 5.72. The van der Waals surface area contributed by atoms with Crippen LogP contribution in [0.1, 0.15) is 29.8 Å². The Morgan fingerprint density at radius 3 is 2.58 bits per heavy atom. The highest BCUT2D eigenvalue weighted by atomic mass is 32.1. The van der Waals surface area contributed by atoms with Crippen molar-refractivity contribution in [1.29, 1.82) is 0 Å². The first-order valence-electron chi connectivity index (χ1n) is 10.6. The lowest BCUT2D eigenvalue weighted by atomic mass is 10.1. The number of halogens is 1. The number of rotatable bonds is 8. The quantitative estimate of drug-likeness (QED) is 0.560. The number of aromatic nitrogens is 1. The molecule has 0 bridgehead atoms. The van der Waals surface area contributed by atoms with Crippen molar-refractivity contribution in [3.8, 4) is 5.75 Å². The number of hydrogen-bond acceptors (Lipinski definition) is 6. The number of anilines is 1. The highest BCUT2D eigenvalue weighted by molar-refractivity contribution is 7.07. The number of likely N-dealkylation sites (N-methyl/N-ethyl adjacent to an activating group) is 1. The first kappa shape index (κ1) is 21.7. The topological polar surface area (TPSA) is 40.6 Å². The fraction of sp³-hybridized carbons (Fsp3) is 0.375. The molecule has 164 valence electrons. The molecule has 7 heteroatoms. The molecular formula is C24H29FN4OS. The maximum absolute atomic E-state index is 14.8. The molecule has 1 aliphatic heterocycles. The second-order valence-electron chi connectivity index (χ2n) is 8.02. The molecule has 0 spiro atoms. The van der Waals surface area contributed by atoms with E-state index in [1.165, 1.54) is 0 Å². The molecule has 1 fully saturated rings. The minimum atomic E-state index is -0.141. The molecule has 1 saturated heterocycles. The molecule has 0 aliphatic carbocycles. The van der Waals surface area contributed by atoms with Gasteiger partial charge in [0.1, 0.15) is 18.2 Å². The van der Waals surface area contributed by atoms with E-state index >= 15 is 0 Å². The van der Waals surface area contributed by atoms with Crippen molar-refractivity contribution < 1.29 is 9.13 Å². The predicted octanol–water partition coefficient (Wildman–Crippen LogP) is 4.46. The summed E-state index contributed by atoms with van der Waals surface area (Å²) in [6.07, 6.45) is 0.